The number of nitrogens with one attached hydrogen (secondary N) is 1. The molecule has 0 spiro atoms. The minimum atomic E-state index is 0.151. The van der Waals surface area contributed by atoms with Crippen LogP contribution in [-0.4, -0.2) is 17.0 Å². The van der Waals surface area contributed by atoms with Crippen LogP contribution < -0.4 is 5.32 Å². The van der Waals surface area contributed by atoms with E-state index in [9.17, 15) is 4.79 Å². The van der Waals surface area contributed by atoms with Crippen molar-refractivity contribution in [1.29, 1.82) is 0 Å². The van der Waals surface area contributed by atoms with E-state index >= 15 is 0 Å². The van der Waals surface area contributed by atoms with Gasteiger partial charge < -0.3 is 9.88 Å². The number of hydrogen-bond acceptors (Lipinski definition) is 1. The molecule has 1 N–H and O–H groups in total. The number of benzene rings is 1. The summed E-state index contributed by atoms with van der Waals surface area (Å²) in [5, 5.41) is 4.20. The van der Waals surface area contributed by atoms with Gasteiger partial charge in [-0.1, -0.05) is 13.0 Å². The molecule has 0 aliphatic heterocycles. The molecule has 1 heterocycles. The summed E-state index contributed by atoms with van der Waals surface area (Å²) in [4.78, 5) is 11.3. The highest BCUT2D eigenvalue weighted by Gasteiger charge is 2.01. The molecule has 1 aromatic carbocycles. The van der Waals surface area contributed by atoms with Crippen LogP contribution in [0.1, 0.15) is 25.3 Å². The molecule has 0 bridgehead atoms. The fourth-order valence-electron chi connectivity index (χ4n) is 2.15. The van der Waals surface area contributed by atoms with Crippen LogP contribution >= 0.6 is 0 Å². The van der Waals surface area contributed by atoms with E-state index in [1.807, 2.05) is 14.0 Å². The van der Waals surface area contributed by atoms with Crippen molar-refractivity contribution in [2.45, 2.75) is 26.2 Å². The maximum atomic E-state index is 11.3. The fraction of sp³-hybridized carbons (Fsp3) is 0.400. The summed E-state index contributed by atoms with van der Waals surface area (Å²) >= 11 is 0. The SMILES string of the molecule is CCCC(=O)NCCc1ccc2c(ccn2C)c1. The number of fused-ring (bicyclic) bond motifs is 1. The molecule has 96 valence electrons. The Kier molecular flexibility index (Phi) is 4.03. The van der Waals surface area contributed by atoms with E-state index in [1.165, 1.54) is 16.5 Å². The third-order valence-corrected chi connectivity index (χ3v) is 3.16. The lowest BCUT2D eigenvalue weighted by Crippen LogP contribution is -2.25. The van der Waals surface area contributed by atoms with Gasteiger partial charge in [0, 0.05) is 31.7 Å². The maximum Gasteiger partial charge on any atom is 0.219 e. The molecule has 0 atom stereocenters. The van der Waals surface area contributed by atoms with Crippen molar-refractivity contribution >= 4 is 16.8 Å². The molecule has 0 saturated heterocycles. The summed E-state index contributed by atoms with van der Waals surface area (Å²) < 4.78 is 2.11. The van der Waals surface area contributed by atoms with Crippen molar-refractivity contribution in [3.8, 4) is 0 Å². The first-order valence-corrected chi connectivity index (χ1v) is 6.51. The average molecular weight is 244 g/mol. The lowest BCUT2D eigenvalue weighted by molar-refractivity contribution is -0.121. The van der Waals surface area contributed by atoms with Crippen LogP contribution in [0.3, 0.4) is 0 Å². The van der Waals surface area contributed by atoms with E-state index in [0.29, 0.717) is 6.42 Å². The normalized spacial score (nSPS) is 10.8. The number of aryl methyl sites for hydroxylation is 1. The monoisotopic (exact) mass is 244 g/mol. The third kappa shape index (κ3) is 2.92. The van der Waals surface area contributed by atoms with E-state index in [0.717, 1.165) is 19.4 Å². The van der Waals surface area contributed by atoms with E-state index in [-0.39, 0.29) is 5.91 Å². The third-order valence-electron chi connectivity index (χ3n) is 3.16. The van der Waals surface area contributed by atoms with Gasteiger partial charge in [-0.2, -0.15) is 0 Å². The summed E-state index contributed by atoms with van der Waals surface area (Å²) in [6.45, 7) is 2.74. The van der Waals surface area contributed by atoms with Crippen molar-refractivity contribution < 1.29 is 4.79 Å². The largest absolute Gasteiger partial charge is 0.356 e. The van der Waals surface area contributed by atoms with Gasteiger partial charge in [0.25, 0.3) is 0 Å². The highest BCUT2D eigenvalue weighted by atomic mass is 16.1. The molecule has 0 unspecified atom stereocenters. The van der Waals surface area contributed by atoms with Crippen LogP contribution in [-0.2, 0) is 18.3 Å². The zero-order chi connectivity index (χ0) is 13.0. The van der Waals surface area contributed by atoms with Crippen molar-refractivity contribution in [3.63, 3.8) is 0 Å². The second kappa shape index (κ2) is 5.71. The molecule has 1 aromatic heterocycles. The second-order valence-corrected chi connectivity index (χ2v) is 4.67. The lowest BCUT2D eigenvalue weighted by atomic mass is 10.1. The van der Waals surface area contributed by atoms with E-state index in [4.69, 9.17) is 0 Å². The Balaban J connectivity index is 1.94. The quantitative estimate of drug-likeness (QED) is 0.862. The summed E-state index contributed by atoms with van der Waals surface area (Å²) in [5.41, 5.74) is 2.51. The molecular weight excluding hydrogens is 224 g/mol. The van der Waals surface area contributed by atoms with Crippen molar-refractivity contribution in [2.75, 3.05) is 6.54 Å². The number of nitrogens with zero attached hydrogens (tertiary/aromatic N) is 1. The zero-order valence-corrected chi connectivity index (χ0v) is 11.1. The number of carbonyl (C=O) groups is 1. The van der Waals surface area contributed by atoms with Crippen molar-refractivity contribution in [3.05, 3.63) is 36.0 Å². The van der Waals surface area contributed by atoms with Gasteiger partial charge in [-0.3, -0.25) is 4.79 Å². The van der Waals surface area contributed by atoms with Crippen molar-refractivity contribution in [1.82, 2.24) is 9.88 Å². The van der Waals surface area contributed by atoms with Crippen LogP contribution in [0.2, 0.25) is 0 Å². The summed E-state index contributed by atoms with van der Waals surface area (Å²) in [7, 11) is 2.05. The minimum Gasteiger partial charge on any atom is -0.356 e. The molecule has 0 aliphatic carbocycles. The molecule has 18 heavy (non-hydrogen) atoms. The topological polar surface area (TPSA) is 34.0 Å². The second-order valence-electron chi connectivity index (χ2n) is 4.67. The minimum absolute atomic E-state index is 0.151. The maximum absolute atomic E-state index is 11.3. The van der Waals surface area contributed by atoms with E-state index < -0.39 is 0 Å². The van der Waals surface area contributed by atoms with Gasteiger partial charge in [-0.25, -0.2) is 0 Å². The molecule has 0 aliphatic rings. The number of hydrogen-bond donors (Lipinski definition) is 1. The van der Waals surface area contributed by atoms with Gasteiger partial charge in [0.15, 0.2) is 0 Å². The van der Waals surface area contributed by atoms with Crippen LogP contribution in [0.5, 0.6) is 0 Å². The average Bonchev–Trinajstić information content (AvgIpc) is 2.71. The Labute approximate surface area is 108 Å². The zero-order valence-electron chi connectivity index (χ0n) is 11.1. The van der Waals surface area contributed by atoms with Crippen LogP contribution in [0.4, 0.5) is 0 Å². The van der Waals surface area contributed by atoms with Gasteiger partial charge in [0.2, 0.25) is 5.91 Å². The summed E-state index contributed by atoms with van der Waals surface area (Å²) in [6.07, 6.45) is 4.48. The van der Waals surface area contributed by atoms with Crippen LogP contribution in [0.15, 0.2) is 30.5 Å². The number of amides is 1. The van der Waals surface area contributed by atoms with E-state index in [2.05, 4.69) is 40.3 Å². The standard InChI is InChI=1S/C15H20N2O/c1-3-4-15(18)16-9-7-12-5-6-14-13(11-12)8-10-17(14)2/h5-6,8,10-11H,3-4,7,9H2,1-2H3,(H,16,18). The Hall–Kier alpha value is -1.77. The first kappa shape index (κ1) is 12.7. The Morgan fingerprint density at radius 1 is 1.33 bits per heavy atom. The Morgan fingerprint density at radius 3 is 2.94 bits per heavy atom. The van der Waals surface area contributed by atoms with Crippen molar-refractivity contribution in [2.24, 2.45) is 7.05 Å². The smallest absolute Gasteiger partial charge is 0.219 e. The molecule has 2 rings (SSSR count). The molecule has 3 heteroatoms. The molecule has 2 aromatic rings. The van der Waals surface area contributed by atoms with E-state index in [1.54, 1.807) is 0 Å². The molecule has 3 nitrogen and oxygen atoms in total. The highest BCUT2D eigenvalue weighted by Crippen LogP contribution is 2.16. The molecule has 0 saturated carbocycles. The molecule has 1 amide bonds. The lowest BCUT2D eigenvalue weighted by Gasteiger charge is -2.05. The number of aromatic nitrogens is 1. The number of carbonyl (C=O) groups excluding carboxylic acids is 1. The predicted molar refractivity (Wildman–Crippen MR) is 74.5 cm³/mol. The Bertz CT molecular complexity index is 542. The van der Waals surface area contributed by atoms with Crippen LogP contribution in [0.25, 0.3) is 10.9 Å². The summed E-state index contributed by atoms with van der Waals surface area (Å²) in [6, 6.07) is 8.59. The Morgan fingerprint density at radius 2 is 2.17 bits per heavy atom. The molecule has 0 radical (unpaired) electrons. The summed E-state index contributed by atoms with van der Waals surface area (Å²) in [5.74, 6) is 0.151. The van der Waals surface area contributed by atoms with Gasteiger partial charge >= 0.3 is 0 Å². The van der Waals surface area contributed by atoms with Gasteiger partial charge in [0.1, 0.15) is 0 Å². The van der Waals surface area contributed by atoms with Gasteiger partial charge in [0.05, 0.1) is 0 Å². The number of rotatable bonds is 5. The molecule has 0 fully saturated rings. The van der Waals surface area contributed by atoms with Gasteiger partial charge in [-0.15, -0.1) is 0 Å². The first-order chi connectivity index (χ1) is 8.70. The predicted octanol–water partition coefficient (Wildman–Crippen LogP) is 2.64. The highest BCUT2D eigenvalue weighted by molar-refractivity contribution is 5.80. The molecular formula is C15H20N2O. The van der Waals surface area contributed by atoms with Crippen LogP contribution in [0, 0.1) is 0 Å². The van der Waals surface area contributed by atoms with Gasteiger partial charge in [-0.05, 0) is 42.0 Å². The fourth-order valence-corrected chi connectivity index (χ4v) is 2.15. The first-order valence-electron chi connectivity index (χ1n) is 6.51.